The Morgan fingerprint density at radius 2 is 1.02 bits per heavy atom. The number of allylic oxidation sites excluding steroid dienone is 2. The quantitative estimate of drug-likeness (QED) is 0.164. The molecule has 2 aromatic carbocycles. The highest BCUT2D eigenvalue weighted by Gasteiger charge is 2.63. The Balaban J connectivity index is 1.33. The predicted octanol–water partition coefficient (Wildman–Crippen LogP) is 7.89. The van der Waals surface area contributed by atoms with Gasteiger partial charge in [-0.3, -0.25) is 19.2 Å². The third-order valence-electron chi connectivity index (χ3n) is 10.5. The van der Waals surface area contributed by atoms with Crippen molar-refractivity contribution in [3.05, 3.63) is 94.0 Å². The smallest absolute Gasteiger partial charge is 0.416 e. The van der Waals surface area contributed by atoms with Crippen molar-refractivity contribution in [3.63, 3.8) is 0 Å². The van der Waals surface area contributed by atoms with Gasteiger partial charge in [0, 0.05) is 0 Å². The summed E-state index contributed by atoms with van der Waals surface area (Å²) in [6.07, 6.45) is -20.9. The Kier molecular flexibility index (Phi) is 8.63. The second-order valence-electron chi connectivity index (χ2n) is 13.5. The number of imide groups is 2. The van der Waals surface area contributed by atoms with Gasteiger partial charge in [-0.05, 0) is 67.3 Å². The molecule has 7 rings (SSSR count). The highest BCUT2D eigenvalue weighted by molar-refractivity contribution is 6.24. The van der Waals surface area contributed by atoms with E-state index >= 15 is 0 Å². The van der Waals surface area contributed by atoms with Crippen LogP contribution in [0.1, 0.15) is 52.5 Å². The van der Waals surface area contributed by atoms with Crippen LogP contribution in [0.2, 0.25) is 0 Å². The van der Waals surface area contributed by atoms with E-state index in [1.54, 1.807) is 0 Å². The third kappa shape index (κ3) is 6.27. The molecule has 20 heteroatoms. The first-order valence-corrected chi connectivity index (χ1v) is 16.2. The molecule has 3 fully saturated rings. The summed E-state index contributed by atoms with van der Waals surface area (Å²) in [5.41, 5.74) is -9.26. The number of furan rings is 1. The Morgan fingerprint density at radius 3 is 1.44 bits per heavy atom. The first kappa shape index (κ1) is 38.1. The molecule has 0 spiro atoms. The van der Waals surface area contributed by atoms with Gasteiger partial charge in [0.1, 0.15) is 18.1 Å². The molecule has 0 bridgehead atoms. The standard InChI is InChI=1S/C35H22F12N2O6/c36-32(37,38)13-5-14(33(39,40)41)8-17(7-13)48-28(51)21-3-2-20-22(25(21)30(48)53)11-23-27(26(20)24-4-1-19(12-50)55-24)31(54)49(29(23)52)18-9-15(34(42,43)44)6-16(10-18)35(45,46)47/h1-2,4-10,21-23,25-27,50H,3,11-12H2/t21-,22+,23+,25-,26+,27+/m0/s1. The monoisotopic (exact) mass is 794 g/mol. The average Bonchev–Trinajstić information content (AvgIpc) is 3.74. The molecule has 1 N–H and O–H groups in total. The van der Waals surface area contributed by atoms with Crippen LogP contribution < -0.4 is 9.80 Å². The first-order chi connectivity index (χ1) is 25.4. The molecule has 2 aliphatic heterocycles. The Hall–Kier alpha value is -5.14. The van der Waals surface area contributed by atoms with Crippen molar-refractivity contribution < 1.29 is 81.4 Å². The lowest BCUT2D eigenvalue weighted by atomic mass is 9.58. The zero-order valence-electron chi connectivity index (χ0n) is 27.2. The number of aliphatic hydroxyl groups is 1. The number of carbonyl (C=O) groups is 4. The largest absolute Gasteiger partial charge is 0.463 e. The summed E-state index contributed by atoms with van der Waals surface area (Å²) in [5, 5.41) is 9.65. The second kappa shape index (κ2) is 12.4. The van der Waals surface area contributed by atoms with Gasteiger partial charge >= 0.3 is 24.7 Å². The van der Waals surface area contributed by atoms with Crippen molar-refractivity contribution in [2.75, 3.05) is 9.80 Å². The van der Waals surface area contributed by atoms with Gasteiger partial charge in [0.05, 0.1) is 63.2 Å². The van der Waals surface area contributed by atoms with Crippen molar-refractivity contribution in [2.24, 2.45) is 29.6 Å². The topological polar surface area (TPSA) is 108 Å². The lowest BCUT2D eigenvalue weighted by Gasteiger charge is -2.43. The molecule has 1 saturated carbocycles. The molecule has 0 radical (unpaired) electrons. The van der Waals surface area contributed by atoms with Crippen LogP contribution >= 0.6 is 0 Å². The highest BCUT2D eigenvalue weighted by atomic mass is 19.4. The second-order valence-corrected chi connectivity index (χ2v) is 13.5. The normalized spacial score (nSPS) is 26.0. The van der Waals surface area contributed by atoms with E-state index < -0.39 is 130 Å². The first-order valence-electron chi connectivity index (χ1n) is 16.2. The minimum atomic E-state index is -5.36. The van der Waals surface area contributed by atoms with E-state index in [-0.39, 0.29) is 69.7 Å². The minimum absolute atomic E-state index is 0.0763. The molecule has 2 saturated heterocycles. The van der Waals surface area contributed by atoms with Crippen molar-refractivity contribution in [1.82, 2.24) is 0 Å². The maximum atomic E-state index is 14.1. The lowest BCUT2D eigenvalue weighted by molar-refractivity contribution is -0.144. The number of nitrogens with zero attached hydrogens (tertiary/aromatic N) is 2. The number of anilines is 2. The van der Waals surface area contributed by atoms with Gasteiger partial charge in [0.2, 0.25) is 23.6 Å². The van der Waals surface area contributed by atoms with Crippen LogP contribution in [0.15, 0.2) is 64.6 Å². The van der Waals surface area contributed by atoms with E-state index in [9.17, 15) is 77.0 Å². The summed E-state index contributed by atoms with van der Waals surface area (Å²) in [7, 11) is 0. The predicted molar refractivity (Wildman–Crippen MR) is 160 cm³/mol. The van der Waals surface area contributed by atoms with E-state index in [4.69, 9.17) is 4.42 Å². The molecule has 0 unspecified atom stereocenters. The van der Waals surface area contributed by atoms with Crippen LogP contribution in [0.5, 0.6) is 0 Å². The number of hydrogen-bond donors (Lipinski definition) is 1. The number of amides is 4. The molecule has 2 aliphatic carbocycles. The van der Waals surface area contributed by atoms with E-state index in [1.807, 2.05) is 0 Å². The molecule has 55 heavy (non-hydrogen) atoms. The van der Waals surface area contributed by atoms with Gasteiger partial charge in [-0.15, -0.1) is 0 Å². The van der Waals surface area contributed by atoms with Crippen molar-refractivity contribution in [2.45, 2.75) is 50.1 Å². The molecular formula is C35H22F12N2O6. The van der Waals surface area contributed by atoms with Crippen LogP contribution in [0, 0.1) is 29.6 Å². The third-order valence-corrected chi connectivity index (χ3v) is 10.5. The molecule has 3 aromatic rings. The van der Waals surface area contributed by atoms with Crippen LogP contribution in [-0.4, -0.2) is 28.7 Å². The molecule has 8 nitrogen and oxygen atoms in total. The Bertz CT molecular complexity index is 2100. The molecule has 4 aliphatic rings. The van der Waals surface area contributed by atoms with E-state index in [2.05, 4.69) is 0 Å². The average molecular weight is 795 g/mol. The van der Waals surface area contributed by atoms with Crippen LogP contribution in [0.3, 0.4) is 0 Å². The number of alkyl halides is 12. The highest BCUT2D eigenvalue weighted by Crippen LogP contribution is 2.59. The summed E-state index contributed by atoms with van der Waals surface area (Å²) in [5.74, 6) is -13.9. The molecule has 3 heterocycles. The zero-order valence-corrected chi connectivity index (χ0v) is 27.2. The summed E-state index contributed by atoms with van der Waals surface area (Å²) < 4.78 is 171. The minimum Gasteiger partial charge on any atom is -0.463 e. The van der Waals surface area contributed by atoms with Crippen LogP contribution in [0.4, 0.5) is 64.1 Å². The van der Waals surface area contributed by atoms with E-state index in [0.717, 1.165) is 0 Å². The van der Waals surface area contributed by atoms with Crippen molar-refractivity contribution in [1.29, 1.82) is 0 Å². The van der Waals surface area contributed by atoms with E-state index in [0.29, 0.717) is 0 Å². The van der Waals surface area contributed by atoms with Gasteiger partial charge in [-0.1, -0.05) is 11.6 Å². The number of rotatable bonds is 4. The molecule has 292 valence electrons. The molecule has 4 amide bonds. The summed E-state index contributed by atoms with van der Waals surface area (Å²) in [6, 6.07) is 2.86. The van der Waals surface area contributed by atoms with Gasteiger partial charge in [0.15, 0.2) is 0 Å². The summed E-state index contributed by atoms with van der Waals surface area (Å²) in [4.78, 5) is 56.3. The number of aliphatic hydroxyl groups excluding tert-OH is 1. The maximum absolute atomic E-state index is 14.1. The van der Waals surface area contributed by atoms with Gasteiger partial charge in [-0.25, -0.2) is 9.80 Å². The van der Waals surface area contributed by atoms with Gasteiger partial charge in [-0.2, -0.15) is 52.7 Å². The van der Waals surface area contributed by atoms with Gasteiger partial charge < -0.3 is 9.52 Å². The Morgan fingerprint density at radius 1 is 0.582 bits per heavy atom. The maximum Gasteiger partial charge on any atom is 0.416 e. The summed E-state index contributed by atoms with van der Waals surface area (Å²) in [6.45, 7) is -0.684. The molecule has 1 aromatic heterocycles. The van der Waals surface area contributed by atoms with Gasteiger partial charge in [0.25, 0.3) is 0 Å². The number of fused-ring (bicyclic) bond motifs is 4. The zero-order chi connectivity index (χ0) is 40.3. The number of hydrogen-bond acceptors (Lipinski definition) is 6. The molecular weight excluding hydrogens is 772 g/mol. The number of carbonyl (C=O) groups excluding carboxylic acids is 4. The lowest BCUT2D eigenvalue weighted by Crippen LogP contribution is -2.43. The Labute approximate surface area is 300 Å². The number of halogens is 12. The fourth-order valence-corrected chi connectivity index (χ4v) is 8.20. The molecule has 6 atom stereocenters. The number of benzene rings is 2. The van der Waals surface area contributed by atoms with Crippen molar-refractivity contribution in [3.8, 4) is 0 Å². The fourth-order valence-electron chi connectivity index (χ4n) is 8.20. The fraction of sp³-hybridized carbons (Fsp3) is 0.371. The van der Waals surface area contributed by atoms with Crippen molar-refractivity contribution >= 4 is 35.0 Å². The van der Waals surface area contributed by atoms with Crippen LogP contribution in [-0.2, 0) is 50.5 Å². The van der Waals surface area contributed by atoms with Crippen LogP contribution in [0.25, 0.3) is 0 Å². The summed E-state index contributed by atoms with van der Waals surface area (Å²) >= 11 is 0. The SMILES string of the molecule is O=C1[C@H]2[C@H](CC=C3[C@H]2C[C@H]2C(=O)N(c4cc(C(F)(F)F)cc(C(F)(F)F)c4)C(=O)[C@H]2[C@H]3c2ccc(CO)o2)C(=O)N1c1cc(C(F)(F)F)cc(C(F)(F)F)c1. The van der Waals surface area contributed by atoms with E-state index in [1.165, 1.54) is 18.2 Å².